The number of nitrogens with two attached hydrogens (primary N) is 1. The van der Waals surface area contributed by atoms with Gasteiger partial charge >= 0.3 is 0 Å². The van der Waals surface area contributed by atoms with E-state index in [1.165, 1.54) is 53.9 Å². The summed E-state index contributed by atoms with van der Waals surface area (Å²) in [6, 6.07) is 5.20. The van der Waals surface area contributed by atoms with Crippen molar-refractivity contribution in [2.24, 2.45) is 13.5 Å². The first-order chi connectivity index (χ1) is 29.1. The van der Waals surface area contributed by atoms with Gasteiger partial charge in [-0.1, -0.05) is 88.5 Å². The number of hydrogen-bond donors (Lipinski definition) is 4. The van der Waals surface area contributed by atoms with Crippen LogP contribution in [0.4, 0.5) is 0 Å². The van der Waals surface area contributed by atoms with Gasteiger partial charge in [-0.05, 0) is 134 Å². The Hall–Kier alpha value is -0.599. The van der Waals surface area contributed by atoms with Crippen molar-refractivity contribution in [2.75, 3.05) is 31.0 Å². The highest BCUT2D eigenvalue weighted by Gasteiger charge is 2.43. The van der Waals surface area contributed by atoms with Crippen molar-refractivity contribution in [3.8, 4) is 0 Å². The van der Waals surface area contributed by atoms with E-state index in [0.29, 0.717) is 24.9 Å². The van der Waals surface area contributed by atoms with Gasteiger partial charge in [0.15, 0.2) is 18.1 Å². The molecule has 4 rings (SSSR count). The third-order valence-corrected chi connectivity index (χ3v) is 44.9. The fourth-order valence-corrected chi connectivity index (χ4v) is 29.9. The van der Waals surface area contributed by atoms with Gasteiger partial charge in [-0.15, -0.1) is 34.0 Å². The molecular formula is C46H89N3O8S6Si3. The highest BCUT2D eigenvalue weighted by Crippen LogP contribution is 2.44. The maximum Gasteiger partial charge on any atom is 0.193 e. The third-order valence-electron chi connectivity index (χ3n) is 13.2. The predicted octanol–water partition coefficient (Wildman–Crippen LogP) is 12.8. The highest BCUT2D eigenvalue weighted by molar-refractivity contribution is 7.98. The fourth-order valence-electron chi connectivity index (χ4n) is 5.12. The lowest BCUT2D eigenvalue weighted by molar-refractivity contribution is 0.0784. The molecule has 0 amide bonds. The second-order valence-corrected chi connectivity index (χ2v) is 51.0. The van der Waals surface area contributed by atoms with Gasteiger partial charge in [0.1, 0.15) is 18.3 Å². The summed E-state index contributed by atoms with van der Waals surface area (Å²) in [6.07, 6.45) is 2.56. The van der Waals surface area contributed by atoms with Gasteiger partial charge < -0.3 is 20.1 Å². The minimum Gasteiger partial charge on any atom is -0.386 e. The van der Waals surface area contributed by atoms with E-state index in [2.05, 4.69) is 106 Å². The van der Waals surface area contributed by atoms with Gasteiger partial charge in [-0.25, -0.2) is 26.3 Å². The zero-order valence-corrected chi connectivity index (χ0v) is 52.4. The molecule has 2 atom stereocenters. The second kappa shape index (κ2) is 22.4. The molecule has 0 bridgehead atoms. The molecule has 1 aliphatic rings. The Labute approximate surface area is 417 Å². The van der Waals surface area contributed by atoms with Crippen LogP contribution in [0.5, 0.6) is 0 Å². The van der Waals surface area contributed by atoms with E-state index in [1.807, 2.05) is 11.4 Å². The first-order valence-electron chi connectivity index (χ1n) is 22.5. The summed E-state index contributed by atoms with van der Waals surface area (Å²) in [5, 5.41) is 42.1. The van der Waals surface area contributed by atoms with E-state index in [0.717, 1.165) is 23.0 Å². The topological polar surface area (TPSA) is 189 Å². The van der Waals surface area contributed by atoms with Crippen molar-refractivity contribution in [2.45, 2.75) is 201 Å². The van der Waals surface area contributed by atoms with Gasteiger partial charge in [-0.3, -0.25) is 4.03 Å². The number of hydrogen-bond acceptors (Lipinski definition) is 13. The Balaban J connectivity index is 0.000000488. The van der Waals surface area contributed by atoms with Crippen molar-refractivity contribution in [3.05, 3.63) is 51.0 Å². The Morgan fingerprint density at radius 3 is 1.21 bits per heavy atom. The number of ether oxygens (including phenoxy) is 1. The van der Waals surface area contributed by atoms with Gasteiger partial charge in [0, 0.05) is 31.0 Å². The molecule has 0 aliphatic carbocycles. The van der Waals surface area contributed by atoms with E-state index in [9.17, 15) is 32.2 Å². The lowest BCUT2D eigenvalue weighted by Gasteiger charge is -2.39. The van der Waals surface area contributed by atoms with Crippen LogP contribution >= 0.6 is 34.0 Å². The molecule has 4 heterocycles. The number of sulfone groups is 1. The number of aliphatic hydroxyl groups is 3. The van der Waals surface area contributed by atoms with Crippen molar-refractivity contribution in [1.82, 2.24) is 0 Å². The SMILES string of the molecule is C1CCOC1.CC(C)(O)c1csc(S(=O)(=O)C[Si](C)(C)C(C)(C)C)c1.CC(C)(O)c1csc(S(=O)(C[Si](C)(C)C(C)(C)C)=N[Si](C)(C)C(C)(C)C)c1.CN=S(N)(=O)c1cc(C(C)(C)O)cs1. The molecule has 1 saturated heterocycles. The summed E-state index contributed by atoms with van der Waals surface area (Å²) in [4.78, 5) is 0. The van der Waals surface area contributed by atoms with Gasteiger partial charge in [-0.2, -0.15) is 0 Å². The molecule has 2 unspecified atom stereocenters. The van der Waals surface area contributed by atoms with Crippen LogP contribution in [0.3, 0.4) is 0 Å². The standard InChI is InChI=1S/C20H41NO2S2Si2.C14H26O3S2Si.C8H14N2O2S2.C4H8O/c1-18(2,3)26(9,10)15-25(23,21-27(11,12)19(4,5)6)17-13-16(14-24-17)20(7,8)22;1-13(2,3)20(6,7)10-19(16,17)12-8-11(9-18-12)14(4,5)15;1-8(2,11)6-4-7(13-5-6)14(9,12)10-3;1-2-4-5-3-1/h13-14,22H,15H2,1-12H3;8-9,15H,10H2,1-7H3;4-5,11H,1-3H3,(H2,9,10,12);1-4H2. The molecule has 11 nitrogen and oxygen atoms in total. The van der Waals surface area contributed by atoms with Crippen LogP contribution in [-0.2, 0) is 51.0 Å². The van der Waals surface area contributed by atoms with Crippen molar-refractivity contribution < 1.29 is 36.9 Å². The van der Waals surface area contributed by atoms with Crippen molar-refractivity contribution in [3.63, 3.8) is 0 Å². The average molecular weight is 1090 g/mol. The van der Waals surface area contributed by atoms with Gasteiger partial charge in [0.2, 0.25) is 0 Å². The van der Waals surface area contributed by atoms with Gasteiger partial charge in [0.25, 0.3) is 0 Å². The molecule has 5 N–H and O–H groups in total. The molecule has 384 valence electrons. The molecule has 1 fully saturated rings. The first-order valence-corrected chi connectivity index (χ1v) is 39.4. The molecule has 1 aliphatic heterocycles. The fraction of sp³-hybridized carbons (Fsp3) is 0.739. The van der Waals surface area contributed by atoms with E-state index in [1.54, 1.807) is 64.4 Å². The van der Waals surface area contributed by atoms with Crippen molar-refractivity contribution in [1.29, 1.82) is 0 Å². The molecule has 0 spiro atoms. The summed E-state index contributed by atoms with van der Waals surface area (Å²) in [5.74, 6) is 0. The lowest BCUT2D eigenvalue weighted by atomic mass is 10.0. The van der Waals surface area contributed by atoms with Crippen LogP contribution in [-0.4, -0.2) is 87.6 Å². The molecule has 0 radical (unpaired) electrons. The number of thiophene rings is 3. The summed E-state index contributed by atoms with van der Waals surface area (Å²) in [5.41, 5.74) is -0.658. The van der Waals surface area contributed by atoms with Crippen LogP contribution in [0, 0.1) is 0 Å². The van der Waals surface area contributed by atoms with E-state index < -0.39 is 70.7 Å². The Morgan fingerprint density at radius 1 is 0.576 bits per heavy atom. The third kappa shape index (κ3) is 18.5. The molecular weight excluding hydrogens is 999 g/mol. The monoisotopic (exact) mass is 1090 g/mol. The van der Waals surface area contributed by atoms with Crippen LogP contribution < -0.4 is 5.14 Å². The number of nitrogens with zero attached hydrogens (tertiary/aromatic N) is 2. The minimum atomic E-state index is -3.27. The maximum atomic E-state index is 14.5. The summed E-state index contributed by atoms with van der Waals surface area (Å²) in [6.45, 7) is 45.4. The molecule has 0 aromatic carbocycles. The molecule has 20 heteroatoms. The quantitative estimate of drug-likeness (QED) is 0.136. The Bertz CT molecular complexity index is 2380. The predicted molar refractivity (Wildman–Crippen MR) is 295 cm³/mol. The summed E-state index contributed by atoms with van der Waals surface area (Å²) in [7, 11) is -13.0. The Morgan fingerprint density at radius 2 is 0.909 bits per heavy atom. The zero-order valence-electron chi connectivity index (χ0n) is 44.5. The number of rotatable bonds is 11. The van der Waals surface area contributed by atoms with Crippen LogP contribution in [0.25, 0.3) is 0 Å². The second-order valence-electron chi connectivity index (χ2n) is 23.9. The van der Waals surface area contributed by atoms with Crippen LogP contribution in [0.1, 0.15) is 133 Å². The summed E-state index contributed by atoms with van der Waals surface area (Å²) < 4.78 is 66.8. The minimum absolute atomic E-state index is 0.0381. The van der Waals surface area contributed by atoms with Gasteiger partial charge in [0.05, 0.1) is 46.9 Å². The van der Waals surface area contributed by atoms with Crippen molar-refractivity contribution >= 4 is 87.9 Å². The summed E-state index contributed by atoms with van der Waals surface area (Å²) >= 11 is 3.96. The van der Waals surface area contributed by atoms with Crippen LogP contribution in [0.2, 0.25) is 54.4 Å². The first kappa shape index (κ1) is 63.4. The molecule has 0 saturated carbocycles. The lowest BCUT2D eigenvalue weighted by Crippen LogP contribution is -2.46. The van der Waals surface area contributed by atoms with E-state index in [4.69, 9.17) is 13.9 Å². The van der Waals surface area contributed by atoms with Crippen LogP contribution in [0.15, 0.2) is 55.4 Å². The van der Waals surface area contributed by atoms with E-state index in [-0.39, 0.29) is 20.5 Å². The smallest absolute Gasteiger partial charge is 0.193 e. The zero-order chi connectivity index (χ0) is 52.2. The largest absolute Gasteiger partial charge is 0.386 e. The molecule has 3 aromatic rings. The maximum absolute atomic E-state index is 14.5. The Kier molecular flexibility index (Phi) is 21.6. The normalized spacial score (nSPS) is 16.6. The average Bonchev–Trinajstić information content (AvgIpc) is 3.93. The molecule has 3 aromatic heterocycles. The highest BCUT2D eigenvalue weighted by atomic mass is 32.2. The molecule has 66 heavy (non-hydrogen) atoms. The van der Waals surface area contributed by atoms with E-state index >= 15 is 0 Å².